The number of nitrogens with zero attached hydrogens (tertiary/aromatic N) is 7. The minimum Gasteiger partial charge on any atom is -0.508 e. The standard InChI is InChI=1S/C53H69N9O8/c1-10-61-43-18-17-35-27-39(43)40(48(61)38-15-13-20-55-46(38)33(4)69-9)28-53(5,6)31-70-52(68)41-16-14-22-62(57-41)50(66)42(25-34-23-36(35)26-37(63)24-34)56-49(65)47(32(2)3)59(8)45(64)30-58(7)51(67)44-29-60(44)21-12-11-19-54/h13,15,17-18,20,23-24,26-27,32-33,41-42,44,47,57,63H,10-12,14,16,21-22,25,28-31H2,1-9H3,(H,56,65)/t33-,41-,42-,44-,47?,60?/m0/s1. The number of benzene rings is 2. The summed E-state index contributed by atoms with van der Waals surface area (Å²) in [6.45, 7) is 13.7. The van der Waals surface area contributed by atoms with Gasteiger partial charge in [0.15, 0.2) is 0 Å². The monoisotopic (exact) mass is 960 g/mol. The van der Waals surface area contributed by atoms with E-state index >= 15 is 0 Å². The van der Waals surface area contributed by atoms with Crippen molar-refractivity contribution in [3.8, 4) is 34.2 Å². The lowest BCUT2D eigenvalue weighted by atomic mass is 9.84. The van der Waals surface area contributed by atoms with Gasteiger partial charge in [0, 0.05) is 88.3 Å². The van der Waals surface area contributed by atoms with Gasteiger partial charge in [-0.1, -0.05) is 39.8 Å². The van der Waals surface area contributed by atoms with Crippen molar-refractivity contribution in [2.24, 2.45) is 11.3 Å². The third-order valence-corrected chi connectivity index (χ3v) is 13.9. The molecule has 2 aromatic carbocycles. The molecule has 2 unspecified atom stereocenters. The van der Waals surface area contributed by atoms with Crippen LogP contribution in [0.2, 0.25) is 0 Å². The molecule has 6 bridgehead atoms. The number of ether oxygens (including phenoxy) is 2. The number of fused-ring (bicyclic) bond motifs is 6. The van der Waals surface area contributed by atoms with Gasteiger partial charge in [-0.2, -0.15) is 5.26 Å². The van der Waals surface area contributed by atoms with Crippen molar-refractivity contribution in [1.29, 1.82) is 5.26 Å². The number of rotatable bonds is 14. The molecule has 2 saturated heterocycles. The van der Waals surface area contributed by atoms with E-state index in [0.29, 0.717) is 62.9 Å². The van der Waals surface area contributed by atoms with E-state index in [1.807, 2.05) is 30.0 Å². The average molecular weight is 960 g/mol. The number of carbonyl (C=O) groups is 5. The molecule has 0 spiro atoms. The van der Waals surface area contributed by atoms with Crippen LogP contribution in [0.1, 0.15) is 90.2 Å². The van der Waals surface area contributed by atoms with Crippen molar-refractivity contribution in [1.82, 2.24) is 40.0 Å². The molecule has 17 heteroatoms. The van der Waals surface area contributed by atoms with Crippen molar-refractivity contribution in [2.75, 3.05) is 54.0 Å². The molecule has 0 saturated carbocycles. The summed E-state index contributed by atoms with van der Waals surface area (Å²) < 4.78 is 14.2. The number of hydrogen-bond acceptors (Lipinski definition) is 12. The van der Waals surface area contributed by atoms with Crippen LogP contribution in [-0.4, -0.2) is 142 Å². The molecule has 3 aliphatic rings. The lowest BCUT2D eigenvalue weighted by Crippen LogP contribution is -2.62. The number of amides is 4. The summed E-state index contributed by atoms with van der Waals surface area (Å²) in [4.78, 5) is 79.7. The van der Waals surface area contributed by atoms with E-state index < -0.39 is 53.1 Å². The highest BCUT2D eigenvalue weighted by Crippen LogP contribution is 2.42. The largest absolute Gasteiger partial charge is 0.508 e. The van der Waals surface area contributed by atoms with E-state index in [1.165, 1.54) is 21.9 Å². The summed E-state index contributed by atoms with van der Waals surface area (Å²) >= 11 is 0. The Labute approximate surface area is 411 Å². The van der Waals surface area contributed by atoms with Gasteiger partial charge in [0.05, 0.1) is 36.7 Å². The van der Waals surface area contributed by atoms with Gasteiger partial charge in [-0.05, 0) is 104 Å². The van der Waals surface area contributed by atoms with E-state index in [0.717, 1.165) is 39.0 Å². The summed E-state index contributed by atoms with van der Waals surface area (Å²) in [7, 11) is 4.74. The van der Waals surface area contributed by atoms with E-state index in [2.05, 4.69) is 60.3 Å². The van der Waals surface area contributed by atoms with Gasteiger partial charge in [0.25, 0.3) is 5.91 Å². The van der Waals surface area contributed by atoms with Crippen LogP contribution in [0, 0.1) is 22.7 Å². The van der Waals surface area contributed by atoms with Crippen molar-refractivity contribution < 1.29 is 38.6 Å². The Balaban J connectivity index is 1.25. The fraction of sp³-hybridized carbons (Fsp3) is 0.528. The number of phenols is 1. The molecular weight excluding hydrogens is 891 g/mol. The van der Waals surface area contributed by atoms with E-state index in [9.17, 15) is 29.1 Å². The van der Waals surface area contributed by atoms with Crippen LogP contribution in [-0.2, 0) is 52.8 Å². The smallest absolute Gasteiger partial charge is 0.324 e. The van der Waals surface area contributed by atoms with Crippen LogP contribution in [0.5, 0.6) is 5.75 Å². The molecule has 374 valence electrons. The van der Waals surface area contributed by atoms with Crippen LogP contribution in [0.3, 0.4) is 0 Å². The molecule has 17 nitrogen and oxygen atoms in total. The number of phenolic OH excluding ortho intramolecular Hbond substituents is 1. The summed E-state index contributed by atoms with van der Waals surface area (Å²) in [5, 5.41) is 25.6. The Morgan fingerprint density at radius 3 is 2.59 bits per heavy atom. The van der Waals surface area contributed by atoms with Crippen LogP contribution < -0.4 is 10.7 Å². The lowest BCUT2D eigenvalue weighted by molar-refractivity contribution is -0.155. The second kappa shape index (κ2) is 21.7. The number of nitrogens with one attached hydrogen (secondary N) is 2. The van der Waals surface area contributed by atoms with E-state index in [1.54, 1.807) is 46.3 Å². The van der Waals surface area contributed by atoms with Gasteiger partial charge in [-0.3, -0.25) is 38.9 Å². The van der Waals surface area contributed by atoms with Crippen LogP contribution in [0.25, 0.3) is 33.3 Å². The fourth-order valence-corrected chi connectivity index (χ4v) is 10.1. The number of aromatic nitrogens is 2. The first-order valence-electron chi connectivity index (χ1n) is 24.5. The number of methoxy groups -OCH3 is 1. The number of aromatic hydroxyl groups is 1. The summed E-state index contributed by atoms with van der Waals surface area (Å²) in [5.41, 5.74) is 9.42. The molecule has 6 atom stereocenters. The Kier molecular flexibility index (Phi) is 16.0. The quantitative estimate of drug-likeness (QED) is 0.0829. The van der Waals surface area contributed by atoms with Gasteiger partial charge in [0.2, 0.25) is 17.7 Å². The highest BCUT2D eigenvalue weighted by atomic mass is 16.5. The van der Waals surface area contributed by atoms with Crippen LogP contribution in [0.4, 0.5) is 0 Å². The molecule has 0 radical (unpaired) electrons. The number of cyclic esters (lactones) is 1. The van der Waals surface area contributed by atoms with E-state index in [-0.39, 0.29) is 49.9 Å². The fourth-order valence-electron chi connectivity index (χ4n) is 10.1. The number of hydrogen-bond donors (Lipinski definition) is 3. The third kappa shape index (κ3) is 11.3. The highest BCUT2D eigenvalue weighted by molar-refractivity contribution is 5.96. The molecule has 3 N–H and O–H groups in total. The first kappa shape index (κ1) is 51.5. The molecular formula is C53H69N9O8. The SMILES string of the molecule is CCn1c(-c2cccnc2[C@H](C)OC)c2c3cc(ccc31)-c1cc(O)cc(c1)C[C@H](NC(=O)C(C(C)C)N(C)C(=O)CN(C)C(=O)[C@@H]1CN1CCCC#N)C(=O)N1CCC[C@H](N1)C(=O)OCC(C)(C)C2. The summed E-state index contributed by atoms with van der Waals surface area (Å²) in [6, 6.07) is 14.1. The maximum atomic E-state index is 14.8. The molecule has 4 aromatic rings. The molecule has 0 aliphatic carbocycles. The van der Waals surface area contributed by atoms with E-state index in [4.69, 9.17) is 19.7 Å². The van der Waals surface area contributed by atoms with Gasteiger partial charge in [0.1, 0.15) is 29.9 Å². The summed E-state index contributed by atoms with van der Waals surface area (Å²) in [5.74, 6) is -2.66. The van der Waals surface area contributed by atoms with Crippen molar-refractivity contribution >= 4 is 40.5 Å². The number of hydrazine groups is 1. The molecule has 7 rings (SSSR count). The Bertz CT molecular complexity index is 2660. The number of carbonyl (C=O) groups excluding carboxylic acids is 5. The predicted octanol–water partition coefficient (Wildman–Crippen LogP) is 5.38. The zero-order valence-corrected chi connectivity index (χ0v) is 42.1. The molecule has 70 heavy (non-hydrogen) atoms. The number of nitriles is 1. The van der Waals surface area contributed by atoms with Crippen molar-refractivity contribution in [3.05, 3.63) is 71.5 Å². The topological polar surface area (TPSA) is 202 Å². The lowest BCUT2D eigenvalue weighted by Gasteiger charge is -2.37. The van der Waals surface area contributed by atoms with Gasteiger partial charge >= 0.3 is 5.97 Å². The molecule has 4 amide bonds. The van der Waals surface area contributed by atoms with Gasteiger partial charge in [-0.25, -0.2) is 5.43 Å². The molecule has 2 fully saturated rings. The van der Waals surface area contributed by atoms with Gasteiger partial charge < -0.3 is 34.3 Å². The highest BCUT2D eigenvalue weighted by Gasteiger charge is 2.43. The van der Waals surface area contributed by atoms with Gasteiger partial charge in [-0.15, -0.1) is 0 Å². The molecule has 2 aromatic heterocycles. The van der Waals surface area contributed by atoms with Crippen molar-refractivity contribution in [2.45, 2.75) is 117 Å². The Morgan fingerprint density at radius 2 is 1.87 bits per heavy atom. The maximum Gasteiger partial charge on any atom is 0.324 e. The normalized spacial score (nSPS) is 21.0. The number of unbranched alkanes of at least 4 members (excludes halogenated alkanes) is 1. The Morgan fingerprint density at radius 1 is 1.10 bits per heavy atom. The number of pyridine rings is 1. The maximum absolute atomic E-state index is 14.8. The minimum atomic E-state index is -1.20. The third-order valence-electron chi connectivity index (χ3n) is 13.9. The zero-order chi connectivity index (χ0) is 50.6. The van der Waals surface area contributed by atoms with Crippen molar-refractivity contribution in [3.63, 3.8) is 0 Å². The molecule has 3 aliphatic heterocycles. The minimum absolute atomic E-state index is 0.0271. The average Bonchev–Trinajstić information content (AvgIpc) is 4.05. The second-order valence-corrected chi connectivity index (χ2v) is 20.2. The predicted molar refractivity (Wildman–Crippen MR) is 265 cm³/mol. The number of esters is 1. The first-order valence-corrected chi connectivity index (χ1v) is 24.5. The molecule has 5 heterocycles. The second-order valence-electron chi connectivity index (χ2n) is 20.2. The van der Waals surface area contributed by atoms with Crippen LogP contribution >= 0.6 is 0 Å². The number of likely N-dealkylation sites (N-methyl/N-ethyl adjacent to an activating group) is 2. The first-order chi connectivity index (χ1) is 33.4. The zero-order valence-electron chi connectivity index (χ0n) is 42.1. The summed E-state index contributed by atoms with van der Waals surface area (Å²) in [6.07, 6.45) is 3.94. The number of aryl methyl sites for hydroxylation is 1. The Hall–Kier alpha value is -6.35. The van der Waals surface area contributed by atoms with Crippen LogP contribution in [0.15, 0.2) is 54.7 Å².